The van der Waals surface area contributed by atoms with Crippen LogP contribution in [0.3, 0.4) is 0 Å². The molecule has 0 spiro atoms. The standard InChI is InChI=1S/2C13H10N3.2ClH.Ti/c2*1-9-5-4-8-12(14-9)13-15-10-6-2-3-7-11(10)16-13;;;/h2*2-6,8H,1H3,(H,15,16);2*1H;/q2*-1;;;+2/p-2. The summed E-state index contributed by atoms with van der Waals surface area (Å²) in [5.74, 6) is 1.59. The summed E-state index contributed by atoms with van der Waals surface area (Å²) in [6, 6.07) is 29.5. The van der Waals surface area contributed by atoms with Crippen LogP contribution < -0.4 is 0 Å². The molecule has 4 aromatic heterocycles. The predicted octanol–water partition coefficient (Wildman–Crippen LogP) is 6.84. The van der Waals surface area contributed by atoms with Crippen LogP contribution in [0.5, 0.6) is 0 Å². The van der Waals surface area contributed by atoms with E-state index in [2.05, 4.69) is 42.0 Å². The first-order chi connectivity index (χ1) is 17.1. The van der Waals surface area contributed by atoms with Crippen LogP contribution in [-0.2, 0) is 17.0 Å². The number of aromatic amines is 2. The molecule has 6 rings (SSSR count). The third kappa shape index (κ3) is 6.56. The van der Waals surface area contributed by atoms with Crippen molar-refractivity contribution < 1.29 is 17.0 Å². The van der Waals surface area contributed by atoms with Crippen molar-refractivity contribution in [3.63, 3.8) is 0 Å². The van der Waals surface area contributed by atoms with Gasteiger partial charge in [0.25, 0.3) is 0 Å². The molecule has 9 heteroatoms. The Labute approximate surface area is 219 Å². The van der Waals surface area contributed by atoms with Gasteiger partial charge in [-0.1, -0.05) is 12.1 Å². The number of rotatable bonds is 2. The summed E-state index contributed by atoms with van der Waals surface area (Å²) in [6.07, 6.45) is 0. The van der Waals surface area contributed by atoms with Crippen molar-refractivity contribution in [1.29, 1.82) is 0 Å². The van der Waals surface area contributed by atoms with E-state index in [0.717, 1.165) is 56.5 Å². The van der Waals surface area contributed by atoms with E-state index in [1.807, 2.05) is 86.6 Å². The number of para-hydroxylation sites is 2. The van der Waals surface area contributed by atoms with Crippen LogP contribution in [0.1, 0.15) is 11.4 Å². The first-order valence-electron chi connectivity index (χ1n) is 10.6. The van der Waals surface area contributed by atoms with Crippen LogP contribution in [-0.4, -0.2) is 29.9 Å². The van der Waals surface area contributed by atoms with Gasteiger partial charge < -0.3 is 9.97 Å². The SMILES string of the molecule is Cc1cccc(-c2nc3ccc[c-]c3[nH]2)n1.Cc1cccc(-c2nc3ccc[c-]c3[nH]2)n1.[Cl][Ti][Cl]. The number of hydrogen-bond donors (Lipinski definition) is 2. The Morgan fingerprint density at radius 1 is 0.629 bits per heavy atom. The number of nitrogens with one attached hydrogen (secondary N) is 2. The van der Waals surface area contributed by atoms with Crippen LogP contribution >= 0.6 is 18.6 Å². The second-order valence-corrected chi connectivity index (χ2v) is 10.0. The predicted molar refractivity (Wildman–Crippen MR) is 138 cm³/mol. The number of aryl methyl sites for hydroxylation is 2. The third-order valence-corrected chi connectivity index (χ3v) is 4.88. The zero-order valence-electron chi connectivity index (χ0n) is 19.0. The van der Waals surface area contributed by atoms with Gasteiger partial charge in [0.2, 0.25) is 0 Å². The van der Waals surface area contributed by atoms with Gasteiger partial charge in [-0.15, -0.1) is 12.1 Å². The molecule has 0 saturated carbocycles. The van der Waals surface area contributed by atoms with Crippen LogP contribution in [0.2, 0.25) is 0 Å². The Bertz CT molecular complexity index is 1360. The van der Waals surface area contributed by atoms with E-state index < -0.39 is 17.0 Å². The number of hydrogen-bond acceptors (Lipinski definition) is 4. The topological polar surface area (TPSA) is 83.1 Å². The van der Waals surface area contributed by atoms with E-state index in [1.54, 1.807) is 0 Å². The van der Waals surface area contributed by atoms with E-state index in [4.69, 9.17) is 18.6 Å². The van der Waals surface area contributed by atoms with E-state index >= 15 is 0 Å². The molecule has 6 aromatic rings. The third-order valence-electron chi connectivity index (χ3n) is 4.88. The average molecular weight is 535 g/mol. The van der Waals surface area contributed by atoms with E-state index in [1.165, 1.54) is 0 Å². The number of halogens is 2. The molecule has 0 fully saturated rings. The summed E-state index contributed by atoms with van der Waals surface area (Å²) < 4.78 is 0. The molecule has 0 aliphatic heterocycles. The molecule has 0 amide bonds. The fraction of sp³-hybridized carbons (Fsp3) is 0.0769. The fourth-order valence-corrected chi connectivity index (χ4v) is 3.37. The van der Waals surface area contributed by atoms with Gasteiger partial charge in [0.15, 0.2) is 0 Å². The summed E-state index contributed by atoms with van der Waals surface area (Å²) in [7, 11) is 9.78. The molecule has 0 saturated heterocycles. The quantitative estimate of drug-likeness (QED) is 0.188. The number of fused-ring (bicyclic) bond motifs is 2. The van der Waals surface area contributed by atoms with Crippen molar-refractivity contribution in [3.05, 3.63) is 96.3 Å². The molecule has 0 unspecified atom stereocenters. The van der Waals surface area contributed by atoms with Crippen molar-refractivity contribution in [2.75, 3.05) is 0 Å². The van der Waals surface area contributed by atoms with Crippen molar-refractivity contribution in [2.45, 2.75) is 13.8 Å². The molecule has 35 heavy (non-hydrogen) atoms. The van der Waals surface area contributed by atoms with Crippen molar-refractivity contribution in [2.24, 2.45) is 0 Å². The Hall–Kier alpha value is -3.03. The minimum absolute atomic E-state index is 0.556. The molecule has 0 aliphatic carbocycles. The van der Waals surface area contributed by atoms with Crippen molar-refractivity contribution >= 4 is 40.7 Å². The Balaban J connectivity index is 0.000000149. The second kappa shape index (κ2) is 12.1. The molecule has 6 nitrogen and oxygen atoms in total. The monoisotopic (exact) mass is 534 g/mol. The summed E-state index contributed by atoms with van der Waals surface area (Å²) in [6.45, 7) is 3.94. The Kier molecular flexibility index (Phi) is 8.66. The molecular weight excluding hydrogens is 515 g/mol. The maximum absolute atomic E-state index is 4.89. The number of benzene rings is 2. The first-order valence-corrected chi connectivity index (χ1v) is 14.9. The number of nitrogens with zero attached hydrogens (tertiary/aromatic N) is 4. The number of aromatic nitrogens is 6. The average Bonchev–Trinajstić information content (AvgIpc) is 3.50. The normalized spacial score (nSPS) is 10.3. The molecule has 0 atom stereocenters. The fourth-order valence-electron chi connectivity index (χ4n) is 3.37. The molecule has 2 aromatic carbocycles. The molecule has 0 radical (unpaired) electrons. The van der Waals surface area contributed by atoms with Gasteiger partial charge in [-0.2, -0.15) is 36.4 Å². The molecule has 0 aliphatic rings. The van der Waals surface area contributed by atoms with E-state index in [0.29, 0.717) is 0 Å². The summed E-state index contributed by atoms with van der Waals surface area (Å²) in [5, 5.41) is 0. The Morgan fingerprint density at radius 3 is 1.43 bits per heavy atom. The first kappa shape index (κ1) is 25.1. The second-order valence-electron chi connectivity index (χ2n) is 7.43. The molecular formula is C26H20Cl2N6Ti-2. The van der Waals surface area contributed by atoms with Gasteiger partial charge >= 0.3 is 35.6 Å². The molecule has 4 heterocycles. The molecule has 174 valence electrons. The number of imidazole rings is 2. The Morgan fingerprint density at radius 2 is 1.06 bits per heavy atom. The van der Waals surface area contributed by atoms with Crippen LogP contribution in [0, 0.1) is 26.0 Å². The van der Waals surface area contributed by atoms with Gasteiger partial charge in [0.05, 0.1) is 0 Å². The van der Waals surface area contributed by atoms with Crippen LogP contribution in [0.15, 0.2) is 72.8 Å². The van der Waals surface area contributed by atoms with E-state index in [9.17, 15) is 0 Å². The number of pyridine rings is 2. The summed E-state index contributed by atoms with van der Waals surface area (Å²) in [4.78, 5) is 24.2. The minimum atomic E-state index is -0.556. The van der Waals surface area contributed by atoms with Gasteiger partial charge in [0, 0.05) is 11.4 Å². The maximum atomic E-state index is 4.89. The van der Waals surface area contributed by atoms with Gasteiger partial charge in [-0.25, -0.2) is 9.97 Å². The van der Waals surface area contributed by atoms with E-state index in [-0.39, 0.29) is 0 Å². The summed E-state index contributed by atoms with van der Waals surface area (Å²) in [5.41, 5.74) is 7.38. The van der Waals surface area contributed by atoms with Crippen molar-refractivity contribution in [1.82, 2.24) is 29.9 Å². The zero-order valence-corrected chi connectivity index (χ0v) is 22.0. The van der Waals surface area contributed by atoms with Crippen molar-refractivity contribution in [3.8, 4) is 23.0 Å². The molecule has 2 N–H and O–H groups in total. The summed E-state index contributed by atoms with van der Waals surface area (Å²) >= 11 is -0.556. The molecule has 0 bridgehead atoms. The van der Waals surface area contributed by atoms with Crippen LogP contribution in [0.4, 0.5) is 0 Å². The zero-order chi connectivity index (χ0) is 24.6. The van der Waals surface area contributed by atoms with Gasteiger partial charge in [-0.05, 0) is 60.2 Å². The number of H-pyrrole nitrogens is 2. The van der Waals surface area contributed by atoms with Crippen LogP contribution in [0.25, 0.3) is 45.1 Å². The van der Waals surface area contributed by atoms with Gasteiger partial charge in [0.1, 0.15) is 23.0 Å². The van der Waals surface area contributed by atoms with Gasteiger partial charge in [-0.3, -0.25) is 9.97 Å².